The molecule has 0 bridgehead atoms. The predicted octanol–water partition coefficient (Wildman–Crippen LogP) is 6.13. The molecule has 0 atom stereocenters. The second kappa shape index (κ2) is 9.23. The molecule has 0 aliphatic heterocycles. The van der Waals surface area contributed by atoms with Gasteiger partial charge in [0.1, 0.15) is 11.6 Å². The van der Waals surface area contributed by atoms with Gasteiger partial charge in [-0.05, 0) is 59.5 Å². The van der Waals surface area contributed by atoms with Crippen molar-refractivity contribution in [2.75, 3.05) is 5.32 Å². The smallest absolute Gasteiger partial charge is 0.266 e. The minimum Gasteiger partial charge on any atom is -0.321 e. The van der Waals surface area contributed by atoms with Crippen LogP contribution in [-0.2, 0) is 11.2 Å². The molecule has 0 aliphatic rings. The summed E-state index contributed by atoms with van der Waals surface area (Å²) in [6, 6.07) is 24.0. The molecule has 0 radical (unpaired) electrons. The van der Waals surface area contributed by atoms with E-state index >= 15 is 0 Å². The zero-order chi connectivity index (χ0) is 19.9. The van der Waals surface area contributed by atoms with Crippen molar-refractivity contribution in [3.63, 3.8) is 0 Å². The molecule has 1 N–H and O–H groups in total. The first-order valence-electron chi connectivity index (χ1n) is 8.56. The van der Waals surface area contributed by atoms with Crippen LogP contribution < -0.4 is 5.32 Å². The molecule has 138 valence electrons. The van der Waals surface area contributed by atoms with Gasteiger partial charge < -0.3 is 5.32 Å². The van der Waals surface area contributed by atoms with Gasteiger partial charge in [-0.2, -0.15) is 5.26 Å². The summed E-state index contributed by atoms with van der Waals surface area (Å²) in [5.74, 6) is -0.468. The van der Waals surface area contributed by atoms with Crippen LogP contribution in [0.1, 0.15) is 16.7 Å². The monoisotopic (exact) mass is 406 g/mol. The summed E-state index contributed by atoms with van der Waals surface area (Å²) in [6.45, 7) is 0. The van der Waals surface area contributed by atoms with Crippen LogP contribution in [-0.4, -0.2) is 5.91 Å². The lowest BCUT2D eigenvalue weighted by Crippen LogP contribution is -2.13. The summed E-state index contributed by atoms with van der Waals surface area (Å²) in [7, 11) is 0. The normalized spacial score (nSPS) is 11.0. The zero-order valence-electron chi connectivity index (χ0n) is 14.8. The van der Waals surface area contributed by atoms with Gasteiger partial charge in [-0.1, -0.05) is 65.7 Å². The summed E-state index contributed by atoms with van der Waals surface area (Å²) < 4.78 is 0. The highest BCUT2D eigenvalue weighted by molar-refractivity contribution is 6.31. The van der Waals surface area contributed by atoms with Crippen molar-refractivity contribution in [2.45, 2.75) is 6.42 Å². The van der Waals surface area contributed by atoms with Gasteiger partial charge in [-0.3, -0.25) is 4.79 Å². The summed E-state index contributed by atoms with van der Waals surface area (Å²) in [6.07, 6.45) is 2.27. The Kier molecular flexibility index (Phi) is 6.49. The van der Waals surface area contributed by atoms with E-state index in [0.717, 1.165) is 21.7 Å². The number of carbonyl (C=O) groups is 1. The first-order valence-corrected chi connectivity index (χ1v) is 9.32. The van der Waals surface area contributed by atoms with Crippen molar-refractivity contribution in [2.24, 2.45) is 0 Å². The van der Waals surface area contributed by atoms with E-state index in [1.807, 2.05) is 54.6 Å². The van der Waals surface area contributed by atoms with Crippen LogP contribution in [0.5, 0.6) is 0 Å². The van der Waals surface area contributed by atoms with E-state index in [1.54, 1.807) is 30.3 Å². The number of amides is 1. The molecule has 0 unspecified atom stereocenters. The lowest BCUT2D eigenvalue weighted by atomic mass is 10.0. The number of carbonyl (C=O) groups excluding carboxylic acids is 1. The molecule has 3 nitrogen and oxygen atoms in total. The minimum atomic E-state index is -0.468. The van der Waals surface area contributed by atoms with E-state index in [2.05, 4.69) is 5.32 Å². The fourth-order valence-corrected chi connectivity index (χ4v) is 2.97. The quantitative estimate of drug-likeness (QED) is 0.409. The Hall–Kier alpha value is -3.06. The minimum absolute atomic E-state index is 0.0220. The fraction of sp³-hybridized carbons (Fsp3) is 0.0435. The Morgan fingerprint density at radius 1 is 0.964 bits per heavy atom. The lowest BCUT2D eigenvalue weighted by Gasteiger charge is -2.06. The number of hydrogen-bond donors (Lipinski definition) is 1. The maximum Gasteiger partial charge on any atom is 0.266 e. The van der Waals surface area contributed by atoms with Crippen LogP contribution in [0.3, 0.4) is 0 Å². The molecular formula is C23H16Cl2N2O. The van der Waals surface area contributed by atoms with Crippen LogP contribution >= 0.6 is 23.2 Å². The molecule has 3 aromatic rings. The number of halogens is 2. The second-order valence-corrected chi connectivity index (χ2v) is 6.98. The Bertz CT molecular complexity index is 1050. The number of hydrogen-bond acceptors (Lipinski definition) is 2. The molecule has 5 heteroatoms. The Morgan fingerprint density at radius 3 is 2.29 bits per heavy atom. The highest BCUT2D eigenvalue weighted by atomic mass is 35.5. The van der Waals surface area contributed by atoms with Crippen LogP contribution in [0.15, 0.2) is 78.4 Å². The summed E-state index contributed by atoms with van der Waals surface area (Å²) in [5.41, 5.74) is 3.51. The van der Waals surface area contributed by atoms with Crippen molar-refractivity contribution >= 4 is 40.9 Å². The van der Waals surface area contributed by atoms with Crippen LogP contribution in [0.4, 0.5) is 5.69 Å². The van der Waals surface area contributed by atoms with Crippen molar-refractivity contribution < 1.29 is 4.79 Å². The third-order valence-corrected chi connectivity index (χ3v) is 4.73. The first kappa shape index (κ1) is 19.7. The molecule has 28 heavy (non-hydrogen) atoms. The van der Waals surface area contributed by atoms with E-state index in [0.29, 0.717) is 17.1 Å². The van der Waals surface area contributed by atoms with E-state index in [1.165, 1.54) is 0 Å². The molecule has 3 aromatic carbocycles. The number of anilines is 1. The van der Waals surface area contributed by atoms with Crippen molar-refractivity contribution in [3.8, 4) is 6.07 Å². The van der Waals surface area contributed by atoms with Crippen LogP contribution in [0.25, 0.3) is 6.08 Å². The highest BCUT2D eigenvalue weighted by Gasteiger charge is 2.09. The van der Waals surface area contributed by atoms with Gasteiger partial charge in [0.15, 0.2) is 0 Å². The molecule has 0 spiro atoms. The van der Waals surface area contributed by atoms with Gasteiger partial charge >= 0.3 is 0 Å². The molecule has 0 heterocycles. The Labute approximate surface area is 173 Å². The number of benzene rings is 3. The van der Waals surface area contributed by atoms with Gasteiger partial charge in [0.25, 0.3) is 5.91 Å². The van der Waals surface area contributed by atoms with E-state index in [4.69, 9.17) is 23.2 Å². The largest absolute Gasteiger partial charge is 0.321 e. The molecule has 0 saturated heterocycles. The van der Waals surface area contributed by atoms with E-state index < -0.39 is 5.91 Å². The van der Waals surface area contributed by atoms with Gasteiger partial charge in [0, 0.05) is 15.7 Å². The third-order valence-electron chi connectivity index (χ3n) is 4.11. The van der Waals surface area contributed by atoms with Crippen molar-refractivity contribution in [3.05, 3.63) is 105 Å². The number of nitrogens with one attached hydrogen (secondary N) is 1. The third kappa shape index (κ3) is 5.23. The molecule has 0 saturated carbocycles. The van der Waals surface area contributed by atoms with Crippen LogP contribution in [0, 0.1) is 11.3 Å². The molecule has 3 rings (SSSR count). The summed E-state index contributed by atoms with van der Waals surface area (Å²) in [5, 5.41) is 13.3. The Morgan fingerprint density at radius 2 is 1.64 bits per heavy atom. The van der Waals surface area contributed by atoms with Crippen LogP contribution in [0.2, 0.25) is 10.0 Å². The topological polar surface area (TPSA) is 52.9 Å². The lowest BCUT2D eigenvalue weighted by molar-refractivity contribution is -0.112. The maximum atomic E-state index is 12.3. The number of nitriles is 1. The molecule has 0 aromatic heterocycles. The molecule has 0 fully saturated rings. The van der Waals surface area contributed by atoms with Gasteiger partial charge in [-0.15, -0.1) is 0 Å². The average molecular weight is 407 g/mol. The average Bonchev–Trinajstić information content (AvgIpc) is 2.70. The van der Waals surface area contributed by atoms with E-state index in [-0.39, 0.29) is 5.57 Å². The second-order valence-electron chi connectivity index (χ2n) is 6.14. The Balaban J connectivity index is 1.72. The number of nitrogens with zero attached hydrogens (tertiary/aromatic N) is 1. The SMILES string of the molecule is N#C/C(=C\c1ccc(Cc2ccccc2Cl)cc1)C(=O)Nc1ccc(Cl)cc1. The summed E-state index contributed by atoms with van der Waals surface area (Å²) in [4.78, 5) is 12.3. The molecular weight excluding hydrogens is 391 g/mol. The highest BCUT2D eigenvalue weighted by Crippen LogP contribution is 2.20. The van der Waals surface area contributed by atoms with E-state index in [9.17, 15) is 10.1 Å². The number of rotatable bonds is 5. The maximum absolute atomic E-state index is 12.3. The van der Waals surface area contributed by atoms with Crippen molar-refractivity contribution in [1.82, 2.24) is 0 Å². The zero-order valence-corrected chi connectivity index (χ0v) is 16.3. The fourth-order valence-electron chi connectivity index (χ4n) is 2.64. The predicted molar refractivity (Wildman–Crippen MR) is 114 cm³/mol. The summed E-state index contributed by atoms with van der Waals surface area (Å²) >= 11 is 12.0. The molecule has 1 amide bonds. The van der Waals surface area contributed by atoms with Gasteiger partial charge in [-0.25, -0.2) is 0 Å². The first-order chi connectivity index (χ1) is 13.5. The van der Waals surface area contributed by atoms with Crippen molar-refractivity contribution in [1.29, 1.82) is 5.26 Å². The van der Waals surface area contributed by atoms with Gasteiger partial charge in [0.2, 0.25) is 0 Å². The molecule has 0 aliphatic carbocycles. The van der Waals surface area contributed by atoms with Gasteiger partial charge in [0.05, 0.1) is 0 Å². The standard InChI is InChI=1S/C23H16Cl2N2O/c24-20-9-11-21(12-10-20)27-23(28)19(15-26)14-17-7-5-16(6-8-17)13-18-3-1-2-4-22(18)25/h1-12,14H,13H2,(H,27,28)/b19-14+.